The maximum Gasteiger partial charge on any atom is 0.295 e. The summed E-state index contributed by atoms with van der Waals surface area (Å²) in [6.07, 6.45) is 4.62. The van der Waals surface area contributed by atoms with E-state index in [1.165, 1.54) is 0 Å². The second-order valence-electron chi connectivity index (χ2n) is 7.43. The number of likely N-dealkylation sites (N-methyl/N-ethyl adjacent to an activating group) is 1. The minimum Gasteiger partial charge on any atom is -0.342 e. The first-order valence-electron chi connectivity index (χ1n) is 10.2. The lowest BCUT2D eigenvalue weighted by Crippen LogP contribution is -2.45. The van der Waals surface area contributed by atoms with Gasteiger partial charge in [-0.05, 0) is 46.1 Å². The molecule has 0 spiro atoms. The van der Waals surface area contributed by atoms with E-state index in [0.29, 0.717) is 25.2 Å². The lowest BCUT2D eigenvalue weighted by atomic mass is 10.0. The number of carbonyl (C=O) groups excluding carboxylic acids is 3. The standard InChI is InChI=1S/C22H29N3O3/c1-4-23(5-2)20(26)15-24-14-18(17-11-6-7-12-19(17)24)21(27)22(28)25-13-9-8-10-16(25)3/h6-7,11-12,14,16H,4-5,8-10,13,15H2,1-3H3. The number of rotatable bonds is 6. The van der Waals surface area contributed by atoms with Crippen molar-refractivity contribution in [3.63, 3.8) is 0 Å². The van der Waals surface area contributed by atoms with Gasteiger partial charge in [0.15, 0.2) is 0 Å². The van der Waals surface area contributed by atoms with Gasteiger partial charge in [-0.1, -0.05) is 18.2 Å². The molecular weight excluding hydrogens is 354 g/mol. The van der Waals surface area contributed by atoms with Crippen LogP contribution in [0.25, 0.3) is 10.9 Å². The number of benzene rings is 1. The third-order valence-electron chi connectivity index (χ3n) is 5.71. The zero-order valence-electron chi connectivity index (χ0n) is 17.0. The smallest absolute Gasteiger partial charge is 0.295 e. The van der Waals surface area contributed by atoms with E-state index < -0.39 is 11.7 Å². The van der Waals surface area contributed by atoms with Crippen LogP contribution in [0, 0.1) is 0 Å². The predicted molar refractivity (Wildman–Crippen MR) is 109 cm³/mol. The molecule has 1 fully saturated rings. The number of hydrogen-bond acceptors (Lipinski definition) is 3. The van der Waals surface area contributed by atoms with E-state index in [0.717, 1.165) is 30.2 Å². The van der Waals surface area contributed by atoms with Gasteiger partial charge >= 0.3 is 0 Å². The molecule has 1 aromatic carbocycles. The van der Waals surface area contributed by atoms with E-state index >= 15 is 0 Å². The zero-order chi connectivity index (χ0) is 20.3. The summed E-state index contributed by atoms with van der Waals surface area (Å²) in [6, 6.07) is 7.54. The lowest BCUT2D eigenvalue weighted by molar-refractivity contribution is -0.131. The number of para-hydroxylation sites is 1. The number of ketones is 1. The van der Waals surface area contributed by atoms with Gasteiger partial charge in [0.1, 0.15) is 6.54 Å². The number of aromatic nitrogens is 1. The Balaban J connectivity index is 1.92. The molecule has 0 aliphatic carbocycles. The van der Waals surface area contributed by atoms with Crippen LogP contribution in [0.4, 0.5) is 0 Å². The van der Waals surface area contributed by atoms with Gasteiger partial charge in [-0.25, -0.2) is 0 Å². The Morgan fingerprint density at radius 3 is 2.50 bits per heavy atom. The van der Waals surface area contributed by atoms with Crippen molar-refractivity contribution in [1.82, 2.24) is 14.4 Å². The SMILES string of the molecule is CCN(CC)C(=O)Cn1cc(C(=O)C(=O)N2CCCCC2C)c2ccccc21. The average molecular weight is 383 g/mol. The summed E-state index contributed by atoms with van der Waals surface area (Å²) in [6.45, 7) is 7.97. The Bertz CT molecular complexity index is 882. The first-order chi connectivity index (χ1) is 13.5. The third-order valence-corrected chi connectivity index (χ3v) is 5.71. The molecular formula is C22H29N3O3. The molecule has 2 heterocycles. The average Bonchev–Trinajstić information content (AvgIpc) is 3.07. The second-order valence-corrected chi connectivity index (χ2v) is 7.43. The Hall–Kier alpha value is -2.63. The van der Waals surface area contributed by atoms with E-state index in [9.17, 15) is 14.4 Å². The number of likely N-dealkylation sites (tertiary alicyclic amines) is 1. The van der Waals surface area contributed by atoms with E-state index in [1.54, 1.807) is 20.6 Å². The molecule has 0 N–H and O–H groups in total. The molecule has 2 aromatic rings. The summed E-state index contributed by atoms with van der Waals surface area (Å²) in [7, 11) is 0. The molecule has 28 heavy (non-hydrogen) atoms. The summed E-state index contributed by atoms with van der Waals surface area (Å²) < 4.78 is 1.79. The van der Waals surface area contributed by atoms with E-state index in [4.69, 9.17) is 0 Å². The molecule has 1 aliphatic rings. The highest BCUT2D eigenvalue weighted by Crippen LogP contribution is 2.24. The number of piperidine rings is 1. The van der Waals surface area contributed by atoms with Gasteiger partial charge in [-0.15, -0.1) is 0 Å². The highest BCUT2D eigenvalue weighted by Gasteiger charge is 2.30. The maximum atomic E-state index is 13.0. The van der Waals surface area contributed by atoms with Crippen LogP contribution >= 0.6 is 0 Å². The van der Waals surface area contributed by atoms with Crippen LogP contribution in [-0.4, -0.2) is 57.6 Å². The number of fused-ring (bicyclic) bond motifs is 1. The van der Waals surface area contributed by atoms with Crippen LogP contribution in [0.15, 0.2) is 30.5 Å². The molecule has 2 amide bonds. The first kappa shape index (κ1) is 20.1. The van der Waals surface area contributed by atoms with Gasteiger partial charge in [0.05, 0.1) is 5.56 Å². The van der Waals surface area contributed by atoms with Gasteiger partial charge < -0.3 is 14.4 Å². The zero-order valence-corrected chi connectivity index (χ0v) is 17.0. The fourth-order valence-electron chi connectivity index (χ4n) is 4.03. The van der Waals surface area contributed by atoms with Crippen molar-refractivity contribution in [3.05, 3.63) is 36.0 Å². The highest BCUT2D eigenvalue weighted by atomic mass is 16.2. The number of amides is 2. The molecule has 1 saturated heterocycles. The summed E-state index contributed by atoms with van der Waals surface area (Å²) in [5.74, 6) is -0.926. The van der Waals surface area contributed by atoms with Crippen LogP contribution in [-0.2, 0) is 16.1 Å². The van der Waals surface area contributed by atoms with Crippen LogP contribution in [0.5, 0.6) is 0 Å². The predicted octanol–water partition coefficient (Wildman–Crippen LogP) is 3.09. The Morgan fingerprint density at radius 2 is 1.82 bits per heavy atom. The van der Waals surface area contributed by atoms with Gasteiger partial charge in [-0.2, -0.15) is 0 Å². The molecule has 1 aliphatic heterocycles. The van der Waals surface area contributed by atoms with Crippen LogP contribution < -0.4 is 0 Å². The second kappa shape index (κ2) is 8.59. The molecule has 1 atom stereocenters. The fraction of sp³-hybridized carbons (Fsp3) is 0.500. The molecule has 150 valence electrons. The normalized spacial score (nSPS) is 17.0. The van der Waals surface area contributed by atoms with Crippen molar-refractivity contribution in [2.45, 2.75) is 52.6 Å². The summed E-state index contributed by atoms with van der Waals surface area (Å²) >= 11 is 0. The topological polar surface area (TPSA) is 62.6 Å². The molecule has 6 nitrogen and oxygen atoms in total. The number of hydrogen-bond donors (Lipinski definition) is 0. The molecule has 0 bridgehead atoms. The van der Waals surface area contributed by atoms with Crippen LogP contribution in [0.1, 0.15) is 50.4 Å². The van der Waals surface area contributed by atoms with Crippen molar-refractivity contribution < 1.29 is 14.4 Å². The third kappa shape index (κ3) is 3.81. The molecule has 3 rings (SSSR count). The Labute approximate surface area is 166 Å². The van der Waals surface area contributed by atoms with Crippen molar-refractivity contribution in [2.75, 3.05) is 19.6 Å². The van der Waals surface area contributed by atoms with Crippen molar-refractivity contribution in [2.24, 2.45) is 0 Å². The highest BCUT2D eigenvalue weighted by molar-refractivity contribution is 6.45. The Kier molecular flexibility index (Phi) is 6.17. The molecule has 1 aromatic heterocycles. The summed E-state index contributed by atoms with van der Waals surface area (Å²) in [5.41, 5.74) is 1.18. The van der Waals surface area contributed by atoms with Crippen molar-refractivity contribution >= 4 is 28.5 Å². The lowest BCUT2D eigenvalue weighted by Gasteiger charge is -2.32. The number of Topliss-reactive ketones (excluding diaryl/α,β-unsaturated/α-hetero) is 1. The fourth-order valence-corrected chi connectivity index (χ4v) is 4.03. The largest absolute Gasteiger partial charge is 0.342 e. The number of carbonyl (C=O) groups is 3. The molecule has 0 radical (unpaired) electrons. The quantitative estimate of drug-likeness (QED) is 0.569. The summed E-state index contributed by atoms with van der Waals surface area (Å²) in [4.78, 5) is 41.9. The van der Waals surface area contributed by atoms with E-state index in [1.807, 2.05) is 45.0 Å². The van der Waals surface area contributed by atoms with Crippen molar-refractivity contribution in [1.29, 1.82) is 0 Å². The monoisotopic (exact) mass is 383 g/mol. The first-order valence-corrected chi connectivity index (χ1v) is 10.2. The van der Waals surface area contributed by atoms with Gasteiger partial charge in [0.25, 0.3) is 11.7 Å². The van der Waals surface area contributed by atoms with Gasteiger partial charge in [0.2, 0.25) is 5.91 Å². The van der Waals surface area contributed by atoms with Gasteiger partial charge in [0, 0.05) is 42.8 Å². The maximum absolute atomic E-state index is 13.0. The van der Waals surface area contributed by atoms with Gasteiger partial charge in [-0.3, -0.25) is 14.4 Å². The minimum absolute atomic E-state index is 0.000677. The minimum atomic E-state index is -0.487. The van der Waals surface area contributed by atoms with Crippen LogP contribution in [0.2, 0.25) is 0 Å². The molecule has 0 saturated carbocycles. The van der Waals surface area contributed by atoms with E-state index in [-0.39, 0.29) is 18.5 Å². The summed E-state index contributed by atoms with van der Waals surface area (Å²) in [5, 5.41) is 0.720. The van der Waals surface area contributed by atoms with Crippen LogP contribution in [0.3, 0.4) is 0 Å². The van der Waals surface area contributed by atoms with Crippen molar-refractivity contribution in [3.8, 4) is 0 Å². The Morgan fingerprint density at radius 1 is 1.11 bits per heavy atom. The van der Waals surface area contributed by atoms with E-state index in [2.05, 4.69) is 0 Å². The molecule has 1 unspecified atom stereocenters. The molecule has 6 heteroatoms. The number of nitrogens with zero attached hydrogens (tertiary/aromatic N) is 3.